The summed E-state index contributed by atoms with van der Waals surface area (Å²) >= 11 is 12.7. The molecule has 0 heterocycles. The molecule has 0 bridgehead atoms. The van der Waals surface area contributed by atoms with Gasteiger partial charge in [-0.25, -0.2) is 8.42 Å². The molecule has 0 radical (unpaired) electrons. The number of rotatable bonds is 12. The highest BCUT2D eigenvalue weighted by Gasteiger charge is 2.36. The number of hydrogen-bond donors (Lipinski definition) is 1. The van der Waals surface area contributed by atoms with Gasteiger partial charge in [-0.2, -0.15) is 0 Å². The molecule has 1 saturated carbocycles. The lowest BCUT2D eigenvalue weighted by atomic mass is 10.0. The summed E-state index contributed by atoms with van der Waals surface area (Å²) < 4.78 is 29.7. The van der Waals surface area contributed by atoms with E-state index in [1.54, 1.807) is 61.5 Å². The van der Waals surface area contributed by atoms with Crippen LogP contribution in [0.15, 0.2) is 102 Å². The minimum absolute atomic E-state index is 0.0285. The number of halogens is 2. The summed E-state index contributed by atoms with van der Waals surface area (Å²) in [5, 5.41) is 4.10. The van der Waals surface area contributed by atoms with Gasteiger partial charge in [0.2, 0.25) is 11.8 Å². The fourth-order valence-electron chi connectivity index (χ4n) is 5.93. The molecule has 7 nitrogen and oxygen atoms in total. The third kappa shape index (κ3) is 8.55. The van der Waals surface area contributed by atoms with Gasteiger partial charge in [0.25, 0.3) is 10.0 Å². The van der Waals surface area contributed by atoms with Gasteiger partial charge in [-0.1, -0.05) is 102 Å². The lowest BCUT2D eigenvalue weighted by molar-refractivity contribution is -0.140. The van der Waals surface area contributed by atoms with Gasteiger partial charge < -0.3 is 10.2 Å². The Balaban J connectivity index is 1.58. The van der Waals surface area contributed by atoms with E-state index in [4.69, 9.17) is 23.2 Å². The van der Waals surface area contributed by atoms with Crippen molar-refractivity contribution >= 4 is 50.7 Å². The maximum atomic E-state index is 14.7. The molecule has 1 aliphatic carbocycles. The van der Waals surface area contributed by atoms with E-state index in [9.17, 15) is 18.0 Å². The highest BCUT2D eigenvalue weighted by Crippen LogP contribution is 2.32. The maximum absolute atomic E-state index is 14.7. The Morgan fingerprint density at radius 3 is 2.15 bits per heavy atom. The number of benzene rings is 4. The van der Waals surface area contributed by atoms with Gasteiger partial charge >= 0.3 is 0 Å². The van der Waals surface area contributed by atoms with E-state index in [1.165, 1.54) is 17.0 Å². The normalized spacial score (nSPS) is 14.0. The van der Waals surface area contributed by atoms with Crippen molar-refractivity contribution in [2.75, 3.05) is 10.8 Å². The Morgan fingerprint density at radius 1 is 0.830 bits per heavy atom. The van der Waals surface area contributed by atoms with Gasteiger partial charge in [0.05, 0.1) is 10.6 Å². The molecule has 47 heavy (non-hydrogen) atoms. The summed E-state index contributed by atoms with van der Waals surface area (Å²) in [5.41, 5.74) is 3.33. The number of carbonyl (C=O) groups is 2. The quantitative estimate of drug-likeness (QED) is 0.167. The monoisotopic (exact) mass is 691 g/mol. The number of aryl methyl sites for hydroxylation is 1. The molecule has 10 heteroatoms. The molecule has 1 atom stereocenters. The summed E-state index contributed by atoms with van der Waals surface area (Å²) in [6.45, 7) is 3.11. The molecule has 0 unspecified atom stereocenters. The van der Waals surface area contributed by atoms with Gasteiger partial charge in [0.1, 0.15) is 12.6 Å². The zero-order valence-electron chi connectivity index (χ0n) is 26.5. The summed E-state index contributed by atoms with van der Waals surface area (Å²) in [6.07, 6.45) is 4.08. The van der Waals surface area contributed by atoms with Crippen LogP contribution < -0.4 is 9.62 Å². The number of nitrogens with zero attached hydrogens (tertiary/aromatic N) is 2. The minimum Gasteiger partial charge on any atom is -0.352 e. The number of nitrogens with one attached hydrogen (secondary N) is 1. The smallest absolute Gasteiger partial charge is 0.264 e. The summed E-state index contributed by atoms with van der Waals surface area (Å²) in [7, 11) is -4.23. The van der Waals surface area contributed by atoms with Crippen LogP contribution >= 0.6 is 23.2 Å². The first-order valence-electron chi connectivity index (χ1n) is 15.8. The first-order chi connectivity index (χ1) is 22.5. The molecule has 0 spiro atoms. The standard InChI is InChI=1S/C37H39Cl2N3O4S/c1-26-15-21-32(22-16-26)47(45,46)42(34-14-8-13-33(39)27(34)2)25-36(43)41(24-29-17-19-30(38)20-18-29)35(23-28-9-4-3-5-10-28)37(44)40-31-11-6-7-12-31/h3-5,8-10,13-22,31,35H,6-7,11-12,23-25H2,1-2H3,(H,40,44)/t35-/m0/s1. The van der Waals surface area contributed by atoms with Crippen molar-refractivity contribution in [2.45, 2.75) is 69.5 Å². The van der Waals surface area contributed by atoms with Crippen LogP contribution in [-0.4, -0.2) is 43.8 Å². The zero-order chi connectivity index (χ0) is 33.6. The zero-order valence-corrected chi connectivity index (χ0v) is 28.9. The van der Waals surface area contributed by atoms with Gasteiger partial charge in [0.15, 0.2) is 0 Å². The molecule has 1 N–H and O–H groups in total. The van der Waals surface area contributed by atoms with Gasteiger partial charge in [0, 0.05) is 29.1 Å². The predicted octanol–water partition coefficient (Wildman–Crippen LogP) is 7.50. The van der Waals surface area contributed by atoms with E-state index in [2.05, 4.69) is 5.32 Å². The summed E-state index contributed by atoms with van der Waals surface area (Å²) in [5.74, 6) is -0.799. The molecule has 0 saturated heterocycles. The van der Waals surface area contributed by atoms with E-state index >= 15 is 0 Å². The highest BCUT2D eigenvalue weighted by atomic mass is 35.5. The van der Waals surface area contributed by atoms with Crippen LogP contribution in [0.4, 0.5) is 5.69 Å². The maximum Gasteiger partial charge on any atom is 0.264 e. The van der Waals surface area contributed by atoms with Crippen LogP contribution in [0.3, 0.4) is 0 Å². The van der Waals surface area contributed by atoms with Gasteiger partial charge in [-0.05, 0) is 79.8 Å². The minimum atomic E-state index is -4.23. The lowest BCUT2D eigenvalue weighted by Gasteiger charge is -2.34. The van der Waals surface area contributed by atoms with Gasteiger partial charge in [-0.3, -0.25) is 13.9 Å². The Hall–Kier alpha value is -3.85. The third-order valence-electron chi connectivity index (χ3n) is 8.63. The molecule has 1 aliphatic rings. The third-order valence-corrected chi connectivity index (χ3v) is 11.1. The average Bonchev–Trinajstić information content (AvgIpc) is 3.57. The van der Waals surface area contributed by atoms with Gasteiger partial charge in [-0.15, -0.1) is 0 Å². The summed E-state index contributed by atoms with van der Waals surface area (Å²) in [4.78, 5) is 30.3. The van der Waals surface area contributed by atoms with E-state index in [-0.39, 0.29) is 35.5 Å². The number of anilines is 1. The van der Waals surface area contributed by atoms with Crippen molar-refractivity contribution in [3.8, 4) is 0 Å². The van der Waals surface area contributed by atoms with Crippen LogP contribution in [-0.2, 0) is 32.6 Å². The molecule has 4 aromatic carbocycles. The van der Waals surface area contributed by atoms with Crippen LogP contribution in [0, 0.1) is 13.8 Å². The molecule has 1 fully saturated rings. The molecule has 4 aromatic rings. The Labute approximate surface area is 287 Å². The molecular formula is C37H39Cl2N3O4S. The number of amides is 2. The van der Waals surface area contributed by atoms with Crippen LogP contribution in [0.2, 0.25) is 10.0 Å². The van der Waals surface area contributed by atoms with Crippen molar-refractivity contribution < 1.29 is 18.0 Å². The SMILES string of the molecule is Cc1ccc(S(=O)(=O)N(CC(=O)N(Cc2ccc(Cl)cc2)[C@@H](Cc2ccccc2)C(=O)NC2CCCC2)c2cccc(Cl)c2C)cc1. The number of sulfonamides is 1. The number of carbonyl (C=O) groups excluding carboxylic acids is 2. The van der Waals surface area contributed by atoms with Crippen molar-refractivity contribution in [3.63, 3.8) is 0 Å². The Bertz CT molecular complexity index is 1790. The van der Waals surface area contributed by atoms with E-state index in [0.717, 1.165) is 46.7 Å². The fraction of sp³-hybridized carbons (Fsp3) is 0.297. The van der Waals surface area contributed by atoms with Crippen molar-refractivity contribution in [1.29, 1.82) is 0 Å². The second-order valence-electron chi connectivity index (χ2n) is 12.1. The molecule has 5 rings (SSSR count). The number of hydrogen-bond acceptors (Lipinski definition) is 4. The lowest BCUT2D eigenvalue weighted by Crippen LogP contribution is -2.54. The first kappa shape index (κ1) is 34.5. The second kappa shape index (κ2) is 15.4. The highest BCUT2D eigenvalue weighted by molar-refractivity contribution is 7.92. The van der Waals surface area contributed by atoms with E-state index in [1.807, 2.05) is 37.3 Å². The van der Waals surface area contributed by atoms with Crippen molar-refractivity contribution in [3.05, 3.63) is 129 Å². The van der Waals surface area contributed by atoms with Crippen LogP contribution in [0.5, 0.6) is 0 Å². The fourth-order valence-corrected chi connectivity index (χ4v) is 7.69. The molecule has 0 aromatic heterocycles. The molecule has 246 valence electrons. The van der Waals surface area contributed by atoms with Crippen molar-refractivity contribution in [2.24, 2.45) is 0 Å². The first-order valence-corrected chi connectivity index (χ1v) is 18.0. The second-order valence-corrected chi connectivity index (χ2v) is 14.8. The Kier molecular flexibility index (Phi) is 11.3. The topological polar surface area (TPSA) is 86.8 Å². The van der Waals surface area contributed by atoms with E-state index < -0.39 is 28.5 Å². The average molecular weight is 693 g/mol. The van der Waals surface area contributed by atoms with E-state index in [0.29, 0.717) is 15.6 Å². The van der Waals surface area contributed by atoms with Crippen LogP contribution in [0.25, 0.3) is 0 Å². The molecular weight excluding hydrogens is 653 g/mol. The summed E-state index contributed by atoms with van der Waals surface area (Å²) in [6, 6.07) is 27.2. The Morgan fingerprint density at radius 2 is 1.49 bits per heavy atom. The molecule has 2 amide bonds. The molecule has 0 aliphatic heterocycles. The van der Waals surface area contributed by atoms with Crippen LogP contribution in [0.1, 0.15) is 47.9 Å². The predicted molar refractivity (Wildman–Crippen MR) is 188 cm³/mol. The largest absolute Gasteiger partial charge is 0.352 e. The van der Waals surface area contributed by atoms with Crippen molar-refractivity contribution in [1.82, 2.24) is 10.2 Å².